The highest BCUT2D eigenvalue weighted by atomic mass is 79.9. The number of carbonyl (C=O) groups excluding carboxylic acids is 1. The second-order valence-electron chi connectivity index (χ2n) is 5.11. The molecule has 2 atom stereocenters. The maximum Gasteiger partial charge on any atom is 0.255 e. The van der Waals surface area contributed by atoms with Crippen molar-refractivity contribution in [3.8, 4) is 0 Å². The summed E-state index contributed by atoms with van der Waals surface area (Å²) in [5.74, 6) is 0.499. The van der Waals surface area contributed by atoms with Crippen LogP contribution in [-0.2, 0) is 0 Å². The Balaban J connectivity index is 0.00000220. The molecule has 2 rings (SSSR count). The standard InChI is InChI=1S/C13H19BrN4O2.2ClH/c1-18(2)12-10(3-9(14)6-16-12)13(20)17-5-8-4-15-7-11(8)19;;/h3,6,8,11,15,19H,4-5,7H2,1-2H3,(H,17,20);2*1H. The van der Waals surface area contributed by atoms with Crippen LogP contribution < -0.4 is 15.5 Å². The first kappa shape index (κ1) is 21.4. The van der Waals surface area contributed by atoms with E-state index < -0.39 is 6.10 Å². The van der Waals surface area contributed by atoms with Crippen molar-refractivity contribution in [2.45, 2.75) is 6.10 Å². The second-order valence-corrected chi connectivity index (χ2v) is 6.03. The van der Waals surface area contributed by atoms with E-state index in [4.69, 9.17) is 0 Å². The Morgan fingerprint density at radius 1 is 1.50 bits per heavy atom. The molecule has 0 saturated carbocycles. The van der Waals surface area contributed by atoms with E-state index in [0.29, 0.717) is 24.5 Å². The third-order valence-electron chi connectivity index (χ3n) is 3.33. The highest BCUT2D eigenvalue weighted by molar-refractivity contribution is 9.10. The van der Waals surface area contributed by atoms with Gasteiger partial charge in [-0.25, -0.2) is 4.98 Å². The Hall–Kier alpha value is -0.600. The van der Waals surface area contributed by atoms with Crippen molar-refractivity contribution in [2.24, 2.45) is 5.92 Å². The lowest BCUT2D eigenvalue weighted by molar-refractivity contribution is 0.0927. The molecule has 1 amide bonds. The van der Waals surface area contributed by atoms with Crippen molar-refractivity contribution >= 4 is 52.5 Å². The smallest absolute Gasteiger partial charge is 0.255 e. The normalized spacial score (nSPS) is 19.8. The summed E-state index contributed by atoms with van der Waals surface area (Å²) in [6, 6.07) is 1.75. The molecule has 0 aromatic carbocycles. The lowest BCUT2D eigenvalue weighted by atomic mass is 10.1. The molecule has 1 aliphatic heterocycles. The molecule has 1 fully saturated rings. The molecule has 0 bridgehead atoms. The van der Waals surface area contributed by atoms with Gasteiger partial charge in [0.2, 0.25) is 0 Å². The summed E-state index contributed by atoms with van der Waals surface area (Å²) in [7, 11) is 3.69. The monoisotopic (exact) mass is 414 g/mol. The van der Waals surface area contributed by atoms with Gasteiger partial charge in [-0.05, 0) is 22.0 Å². The van der Waals surface area contributed by atoms with Gasteiger partial charge in [-0.3, -0.25) is 4.79 Å². The summed E-state index contributed by atoms with van der Waals surface area (Å²) in [6.45, 7) is 1.76. The van der Waals surface area contributed by atoms with Crippen molar-refractivity contribution in [3.63, 3.8) is 0 Å². The zero-order chi connectivity index (χ0) is 14.7. The summed E-state index contributed by atoms with van der Waals surface area (Å²) in [4.78, 5) is 18.3. The Bertz CT molecular complexity index is 505. The molecule has 1 aliphatic rings. The number of aliphatic hydroxyl groups excluding tert-OH is 1. The fraction of sp³-hybridized carbons (Fsp3) is 0.538. The zero-order valence-electron chi connectivity index (χ0n) is 12.4. The molecule has 1 saturated heterocycles. The van der Waals surface area contributed by atoms with Crippen LogP contribution in [0.1, 0.15) is 10.4 Å². The summed E-state index contributed by atoms with van der Waals surface area (Å²) in [6.07, 6.45) is 1.26. The molecule has 1 aromatic rings. The van der Waals surface area contributed by atoms with Crippen LogP contribution in [0.15, 0.2) is 16.7 Å². The number of hydrogen-bond acceptors (Lipinski definition) is 5. The maximum atomic E-state index is 12.3. The number of amides is 1. The quantitative estimate of drug-likeness (QED) is 0.685. The van der Waals surface area contributed by atoms with Crippen LogP contribution >= 0.6 is 40.7 Å². The molecule has 22 heavy (non-hydrogen) atoms. The lowest BCUT2D eigenvalue weighted by Crippen LogP contribution is -2.35. The van der Waals surface area contributed by atoms with Crippen LogP contribution in [0.3, 0.4) is 0 Å². The van der Waals surface area contributed by atoms with Crippen LogP contribution in [0.5, 0.6) is 0 Å². The third-order valence-corrected chi connectivity index (χ3v) is 3.76. The summed E-state index contributed by atoms with van der Waals surface area (Å²) < 4.78 is 0.760. The predicted octanol–water partition coefficient (Wildman–Crippen LogP) is 1.06. The number of hydrogen-bond donors (Lipinski definition) is 3. The van der Waals surface area contributed by atoms with Gasteiger partial charge in [0.05, 0.1) is 11.7 Å². The average Bonchev–Trinajstić information content (AvgIpc) is 2.81. The van der Waals surface area contributed by atoms with Gasteiger partial charge in [0.15, 0.2) is 0 Å². The van der Waals surface area contributed by atoms with E-state index >= 15 is 0 Å². The Kier molecular flexibility index (Phi) is 9.26. The molecule has 1 aromatic heterocycles. The van der Waals surface area contributed by atoms with Gasteiger partial charge in [-0.15, -0.1) is 24.8 Å². The Morgan fingerprint density at radius 3 is 2.73 bits per heavy atom. The fourth-order valence-corrected chi connectivity index (χ4v) is 2.53. The van der Waals surface area contributed by atoms with Crippen LogP contribution in [0.25, 0.3) is 0 Å². The summed E-state index contributed by atoms with van der Waals surface area (Å²) >= 11 is 3.33. The zero-order valence-corrected chi connectivity index (χ0v) is 15.6. The van der Waals surface area contributed by atoms with Gasteiger partial charge in [0, 0.05) is 50.3 Å². The number of nitrogens with zero attached hydrogens (tertiary/aromatic N) is 2. The fourth-order valence-electron chi connectivity index (χ4n) is 2.20. The van der Waals surface area contributed by atoms with E-state index in [9.17, 15) is 9.90 Å². The van der Waals surface area contributed by atoms with Gasteiger partial charge >= 0.3 is 0 Å². The first-order chi connectivity index (χ1) is 9.49. The van der Waals surface area contributed by atoms with E-state index in [1.807, 2.05) is 14.1 Å². The number of carbonyl (C=O) groups is 1. The molecular weight excluding hydrogens is 395 g/mol. The highest BCUT2D eigenvalue weighted by Gasteiger charge is 2.25. The number of aliphatic hydroxyl groups is 1. The molecule has 0 aliphatic carbocycles. The minimum absolute atomic E-state index is 0. The van der Waals surface area contributed by atoms with Crippen LogP contribution in [-0.4, -0.2) is 55.8 Å². The minimum atomic E-state index is -0.399. The van der Waals surface area contributed by atoms with Crippen LogP contribution in [0.4, 0.5) is 5.82 Å². The van der Waals surface area contributed by atoms with E-state index in [1.165, 1.54) is 0 Å². The molecule has 2 unspecified atom stereocenters. The SMILES string of the molecule is CN(C)c1ncc(Br)cc1C(=O)NCC1CNCC1O.Cl.Cl. The van der Waals surface area contributed by atoms with E-state index in [1.54, 1.807) is 17.2 Å². The van der Waals surface area contributed by atoms with E-state index in [2.05, 4.69) is 31.5 Å². The van der Waals surface area contributed by atoms with E-state index in [-0.39, 0.29) is 36.6 Å². The molecule has 3 N–H and O–H groups in total. The highest BCUT2D eigenvalue weighted by Crippen LogP contribution is 2.20. The van der Waals surface area contributed by atoms with Crippen molar-refractivity contribution < 1.29 is 9.90 Å². The topological polar surface area (TPSA) is 77.5 Å². The van der Waals surface area contributed by atoms with Crippen molar-refractivity contribution in [1.29, 1.82) is 0 Å². The van der Waals surface area contributed by atoms with Crippen molar-refractivity contribution in [1.82, 2.24) is 15.6 Å². The minimum Gasteiger partial charge on any atom is -0.391 e. The van der Waals surface area contributed by atoms with Gasteiger partial charge < -0.3 is 20.6 Å². The molecule has 126 valence electrons. The molecule has 2 heterocycles. The largest absolute Gasteiger partial charge is 0.391 e. The number of β-amino-alcohol motifs (C(OH)–C–C–N with tert-alkyl or cyclic N) is 1. The number of rotatable bonds is 4. The third kappa shape index (κ3) is 5.24. The predicted molar refractivity (Wildman–Crippen MR) is 95.5 cm³/mol. The van der Waals surface area contributed by atoms with Crippen molar-refractivity contribution in [3.05, 3.63) is 22.3 Å². The molecule has 0 spiro atoms. The first-order valence-corrected chi connectivity index (χ1v) is 7.28. The average molecular weight is 416 g/mol. The molecule has 0 radical (unpaired) electrons. The van der Waals surface area contributed by atoms with Crippen molar-refractivity contribution in [2.75, 3.05) is 38.6 Å². The maximum absolute atomic E-state index is 12.3. The number of anilines is 1. The van der Waals surface area contributed by atoms with Gasteiger partial charge in [-0.2, -0.15) is 0 Å². The number of halogens is 3. The van der Waals surface area contributed by atoms with Crippen LogP contribution in [0.2, 0.25) is 0 Å². The Labute approximate surface area is 151 Å². The van der Waals surface area contributed by atoms with Gasteiger partial charge in [-0.1, -0.05) is 0 Å². The van der Waals surface area contributed by atoms with Gasteiger partial charge in [0.25, 0.3) is 5.91 Å². The molecule has 6 nitrogen and oxygen atoms in total. The number of aromatic nitrogens is 1. The molecular formula is C13H21BrCl2N4O2. The number of pyridine rings is 1. The van der Waals surface area contributed by atoms with Crippen LogP contribution in [0, 0.1) is 5.92 Å². The molecule has 9 heteroatoms. The number of nitrogens with one attached hydrogen (secondary N) is 2. The van der Waals surface area contributed by atoms with Gasteiger partial charge in [0.1, 0.15) is 5.82 Å². The Morgan fingerprint density at radius 2 is 2.18 bits per heavy atom. The van der Waals surface area contributed by atoms with E-state index in [0.717, 1.165) is 11.0 Å². The summed E-state index contributed by atoms with van der Waals surface area (Å²) in [5, 5.41) is 15.7. The summed E-state index contributed by atoms with van der Waals surface area (Å²) in [5.41, 5.74) is 0.518. The lowest BCUT2D eigenvalue weighted by Gasteiger charge is -2.18. The first-order valence-electron chi connectivity index (χ1n) is 6.49. The second kappa shape index (κ2) is 9.52.